The minimum Gasteiger partial charge on any atom is -0.494 e. The number of rotatable bonds is 15. The van der Waals surface area contributed by atoms with E-state index < -0.39 is 18.0 Å². The van der Waals surface area contributed by atoms with Gasteiger partial charge >= 0.3 is 11.9 Å². The number of esters is 1. The molecule has 4 aromatic rings. The molecule has 0 aromatic heterocycles. The van der Waals surface area contributed by atoms with Crippen molar-refractivity contribution in [1.29, 1.82) is 0 Å². The fourth-order valence-corrected chi connectivity index (χ4v) is 4.62. The summed E-state index contributed by atoms with van der Waals surface area (Å²) in [6.45, 7) is 4.80. The summed E-state index contributed by atoms with van der Waals surface area (Å²) in [5.41, 5.74) is 2.67. The van der Waals surface area contributed by atoms with E-state index in [1.807, 2.05) is 74.5 Å². The number of para-hydroxylation sites is 3. The number of carboxylic acids is 1. The Morgan fingerprint density at radius 2 is 1.45 bits per heavy atom. The van der Waals surface area contributed by atoms with Crippen molar-refractivity contribution >= 4 is 29.2 Å². The molecule has 0 fully saturated rings. The Balaban J connectivity index is 1.28. The summed E-state index contributed by atoms with van der Waals surface area (Å²) < 4.78 is 11.5. The molecule has 1 atom stereocenters. The number of carbonyl (C=O) groups excluding carboxylic acids is 2. The molecule has 1 unspecified atom stereocenters. The first-order valence-corrected chi connectivity index (χ1v) is 14.8. The van der Waals surface area contributed by atoms with Gasteiger partial charge in [0.25, 0.3) is 0 Å². The summed E-state index contributed by atoms with van der Waals surface area (Å²) in [4.78, 5) is 39.2. The highest BCUT2D eigenvalue weighted by molar-refractivity contribution is 5.94. The molecule has 8 heteroatoms. The molecule has 0 aliphatic rings. The maximum absolute atomic E-state index is 12.7. The topological polar surface area (TPSA) is 105 Å². The zero-order chi connectivity index (χ0) is 31.3. The molecule has 0 bridgehead atoms. The molecule has 0 saturated heterocycles. The molecule has 8 nitrogen and oxygen atoms in total. The largest absolute Gasteiger partial charge is 0.494 e. The Labute approximate surface area is 258 Å². The van der Waals surface area contributed by atoms with Crippen molar-refractivity contribution in [3.8, 4) is 11.5 Å². The van der Waals surface area contributed by atoms with E-state index >= 15 is 0 Å². The predicted octanol–water partition coefficient (Wildman–Crippen LogP) is 6.86. The van der Waals surface area contributed by atoms with Crippen LogP contribution in [-0.4, -0.2) is 42.1 Å². The van der Waals surface area contributed by atoms with Crippen molar-refractivity contribution in [2.45, 2.75) is 39.2 Å². The van der Waals surface area contributed by atoms with Crippen LogP contribution in [0.1, 0.15) is 42.6 Å². The molecule has 4 rings (SSSR count). The molecule has 44 heavy (non-hydrogen) atoms. The summed E-state index contributed by atoms with van der Waals surface area (Å²) in [5, 5.41) is 12.9. The van der Waals surface area contributed by atoms with Gasteiger partial charge in [0.1, 0.15) is 11.8 Å². The third kappa shape index (κ3) is 9.19. The van der Waals surface area contributed by atoms with Gasteiger partial charge in [-0.25, -0.2) is 9.59 Å². The predicted molar refractivity (Wildman–Crippen MR) is 171 cm³/mol. The van der Waals surface area contributed by atoms with Crippen LogP contribution in [-0.2, 0) is 16.0 Å². The van der Waals surface area contributed by atoms with Gasteiger partial charge in [-0.1, -0.05) is 74.5 Å². The molecule has 0 saturated carbocycles. The highest BCUT2D eigenvalue weighted by Gasteiger charge is 2.21. The Hall–Kier alpha value is -5.11. The normalized spacial score (nSPS) is 11.4. The number of ether oxygens (including phenoxy) is 2. The highest BCUT2D eigenvalue weighted by atomic mass is 16.5. The number of carboxylic acid groups (broad SMARTS) is 1. The number of aryl methyl sites for hydroxylation is 1. The lowest BCUT2D eigenvalue weighted by Gasteiger charge is -2.24. The van der Waals surface area contributed by atoms with Gasteiger partial charge in [0.2, 0.25) is 5.91 Å². The average molecular weight is 595 g/mol. The smallest absolute Gasteiger partial charge is 0.343 e. The average Bonchev–Trinajstić information content (AvgIpc) is 3.04. The number of benzene rings is 4. The number of hydrogen-bond donors (Lipinski definition) is 2. The fourth-order valence-electron chi connectivity index (χ4n) is 4.62. The first-order chi connectivity index (χ1) is 21.3. The van der Waals surface area contributed by atoms with Crippen LogP contribution >= 0.6 is 0 Å². The maximum atomic E-state index is 12.7. The summed E-state index contributed by atoms with van der Waals surface area (Å²) in [6, 6.07) is 31.7. The first kappa shape index (κ1) is 31.8. The zero-order valence-electron chi connectivity index (χ0n) is 25.0. The van der Waals surface area contributed by atoms with Crippen LogP contribution in [0.3, 0.4) is 0 Å². The Bertz CT molecular complexity index is 1510. The second kappa shape index (κ2) is 15.9. The molecule has 0 heterocycles. The summed E-state index contributed by atoms with van der Waals surface area (Å²) >= 11 is 0. The summed E-state index contributed by atoms with van der Waals surface area (Å²) in [7, 11) is 0. The van der Waals surface area contributed by atoms with Gasteiger partial charge in [0.05, 0.1) is 17.9 Å². The van der Waals surface area contributed by atoms with Gasteiger partial charge in [-0.2, -0.15) is 0 Å². The lowest BCUT2D eigenvalue weighted by molar-refractivity contribution is -0.138. The van der Waals surface area contributed by atoms with Crippen LogP contribution in [0.4, 0.5) is 11.4 Å². The number of amides is 1. The van der Waals surface area contributed by atoms with Crippen molar-refractivity contribution < 1.29 is 29.0 Å². The van der Waals surface area contributed by atoms with E-state index in [1.165, 1.54) is 0 Å². The van der Waals surface area contributed by atoms with E-state index in [9.17, 15) is 19.5 Å². The number of carbonyl (C=O) groups is 3. The zero-order valence-corrected chi connectivity index (χ0v) is 25.0. The van der Waals surface area contributed by atoms with Crippen molar-refractivity contribution in [3.05, 3.63) is 120 Å². The van der Waals surface area contributed by atoms with Crippen molar-refractivity contribution in [2.75, 3.05) is 23.4 Å². The molecule has 228 valence electrons. The highest BCUT2D eigenvalue weighted by Crippen LogP contribution is 2.27. The Kier molecular flexibility index (Phi) is 11.5. The van der Waals surface area contributed by atoms with E-state index in [1.54, 1.807) is 53.4 Å². The minimum absolute atomic E-state index is 0.0754. The van der Waals surface area contributed by atoms with Crippen LogP contribution < -0.4 is 19.7 Å². The van der Waals surface area contributed by atoms with E-state index in [-0.39, 0.29) is 17.6 Å². The third-order valence-corrected chi connectivity index (χ3v) is 6.99. The lowest BCUT2D eigenvalue weighted by atomic mass is 10.0. The van der Waals surface area contributed by atoms with Crippen LogP contribution in [0.25, 0.3) is 0 Å². The number of nitrogens with zero attached hydrogens (tertiary/aromatic N) is 1. The molecule has 2 N–H and O–H groups in total. The van der Waals surface area contributed by atoms with Gasteiger partial charge in [-0.15, -0.1) is 0 Å². The van der Waals surface area contributed by atoms with Crippen molar-refractivity contribution in [3.63, 3.8) is 0 Å². The van der Waals surface area contributed by atoms with Gasteiger partial charge in [0, 0.05) is 18.2 Å². The second-order valence-corrected chi connectivity index (χ2v) is 10.7. The number of anilines is 2. The molecule has 0 spiro atoms. The van der Waals surface area contributed by atoms with Crippen LogP contribution in [0, 0.1) is 5.92 Å². The molecule has 0 radical (unpaired) electrons. The molecular formula is C36H38N2O6. The van der Waals surface area contributed by atoms with Crippen LogP contribution in [0.5, 0.6) is 11.5 Å². The fraction of sp³-hybridized carbons (Fsp3) is 0.250. The van der Waals surface area contributed by atoms with Crippen LogP contribution in [0.2, 0.25) is 0 Å². The van der Waals surface area contributed by atoms with Gasteiger partial charge in [-0.05, 0) is 73.4 Å². The lowest BCUT2D eigenvalue weighted by Crippen LogP contribution is -2.35. The monoisotopic (exact) mass is 594 g/mol. The van der Waals surface area contributed by atoms with Gasteiger partial charge < -0.3 is 24.8 Å². The Morgan fingerprint density at radius 1 is 0.818 bits per heavy atom. The summed E-state index contributed by atoms with van der Waals surface area (Å²) in [5.74, 6) is -0.592. The molecule has 0 aliphatic carbocycles. The van der Waals surface area contributed by atoms with E-state index in [0.717, 1.165) is 11.3 Å². The SMILES string of the molecule is CC(C)C(=O)N(CCCOc1ccc(CCC(Nc2ccccc2OC(=O)c2ccccc2)C(=O)O)cc1)c1ccccc1. The minimum atomic E-state index is -1.00. The molecular weight excluding hydrogens is 556 g/mol. The van der Waals surface area contributed by atoms with Crippen LogP contribution in [0.15, 0.2) is 109 Å². The molecule has 4 aromatic carbocycles. The Morgan fingerprint density at radius 3 is 2.11 bits per heavy atom. The third-order valence-electron chi connectivity index (χ3n) is 6.99. The van der Waals surface area contributed by atoms with Crippen molar-refractivity contribution in [1.82, 2.24) is 0 Å². The van der Waals surface area contributed by atoms with Gasteiger partial charge in [-0.3, -0.25) is 4.79 Å². The van der Waals surface area contributed by atoms with Gasteiger partial charge in [0.15, 0.2) is 5.75 Å². The first-order valence-electron chi connectivity index (χ1n) is 14.8. The van der Waals surface area contributed by atoms with E-state index in [2.05, 4.69) is 5.32 Å². The molecule has 0 aliphatic heterocycles. The number of hydrogen-bond acceptors (Lipinski definition) is 6. The van der Waals surface area contributed by atoms with Crippen molar-refractivity contribution in [2.24, 2.45) is 5.92 Å². The maximum Gasteiger partial charge on any atom is 0.343 e. The second-order valence-electron chi connectivity index (χ2n) is 10.7. The number of nitrogens with one attached hydrogen (secondary N) is 1. The number of aliphatic carboxylic acids is 1. The molecule has 1 amide bonds. The van der Waals surface area contributed by atoms with E-state index in [0.29, 0.717) is 49.4 Å². The quantitative estimate of drug-likeness (QED) is 0.0880. The van der Waals surface area contributed by atoms with E-state index in [4.69, 9.17) is 9.47 Å². The standard InChI is InChI=1S/C36H38N2O6/c1-26(2)34(39)38(29-14-7-4-8-15-29)24-11-25-43-30-21-18-27(19-22-30)20-23-32(35(40)41)37-31-16-9-10-17-33(31)44-36(42)28-12-5-3-6-13-28/h3-10,12-19,21-22,26,32,37H,11,20,23-25H2,1-2H3,(H,40,41). The summed E-state index contributed by atoms with van der Waals surface area (Å²) in [6.07, 6.45) is 1.50.